The van der Waals surface area contributed by atoms with E-state index < -0.39 is 20.6 Å². The van der Waals surface area contributed by atoms with Crippen molar-refractivity contribution in [2.24, 2.45) is 5.10 Å². The second-order valence-electron chi connectivity index (χ2n) is 9.19. The van der Waals surface area contributed by atoms with E-state index in [-0.39, 0.29) is 16.3 Å². The third-order valence-electron chi connectivity index (χ3n) is 6.42. The number of hydrogen-bond acceptors (Lipinski definition) is 8. The Balaban J connectivity index is 1.43. The molecule has 1 aliphatic heterocycles. The van der Waals surface area contributed by atoms with Crippen LogP contribution in [0.15, 0.2) is 82.8 Å². The Bertz CT molecular complexity index is 1680. The van der Waals surface area contributed by atoms with Crippen LogP contribution in [0.3, 0.4) is 0 Å². The SMILES string of the molecule is Cc1nn(-c2ccccc2)c(N2CCCC2)c1/C=N\Nc1ccc(S(=O)(=O)Nc2cccc(Cl)c2)cc1[N+](=O)[O-]. The first-order valence-electron chi connectivity index (χ1n) is 12.5. The maximum absolute atomic E-state index is 12.9. The van der Waals surface area contributed by atoms with Gasteiger partial charge in [-0.3, -0.25) is 20.3 Å². The van der Waals surface area contributed by atoms with E-state index in [1.165, 1.54) is 24.3 Å². The molecule has 2 N–H and O–H groups in total. The number of rotatable bonds is 9. The number of nitro benzene ring substituents is 1. The number of nitrogens with zero attached hydrogens (tertiary/aromatic N) is 5. The van der Waals surface area contributed by atoms with Crippen molar-refractivity contribution >= 4 is 50.7 Å². The number of aromatic nitrogens is 2. The van der Waals surface area contributed by atoms with E-state index in [1.54, 1.807) is 18.3 Å². The Kier molecular flexibility index (Phi) is 7.71. The minimum Gasteiger partial charge on any atom is -0.356 e. The molecule has 0 atom stereocenters. The summed E-state index contributed by atoms with van der Waals surface area (Å²) >= 11 is 5.94. The number of aryl methyl sites for hydroxylation is 1. The van der Waals surface area contributed by atoms with Gasteiger partial charge in [0.15, 0.2) is 0 Å². The van der Waals surface area contributed by atoms with Crippen molar-refractivity contribution in [2.75, 3.05) is 28.1 Å². The summed E-state index contributed by atoms with van der Waals surface area (Å²) in [7, 11) is -4.11. The molecule has 0 aliphatic carbocycles. The summed E-state index contributed by atoms with van der Waals surface area (Å²) < 4.78 is 30.0. The van der Waals surface area contributed by atoms with Gasteiger partial charge in [0, 0.05) is 24.2 Å². The summed E-state index contributed by atoms with van der Waals surface area (Å²) in [4.78, 5) is 13.2. The molecule has 0 unspecified atom stereocenters. The zero-order valence-corrected chi connectivity index (χ0v) is 23.1. The van der Waals surface area contributed by atoms with Crippen molar-refractivity contribution in [3.63, 3.8) is 0 Å². The summed E-state index contributed by atoms with van der Waals surface area (Å²) in [5.74, 6) is 0.898. The zero-order valence-electron chi connectivity index (χ0n) is 21.5. The molecular weight excluding hydrogens is 554 g/mol. The molecule has 5 rings (SSSR count). The zero-order chi connectivity index (χ0) is 28.3. The number of benzene rings is 3. The van der Waals surface area contributed by atoms with Crippen molar-refractivity contribution in [3.8, 4) is 5.69 Å². The van der Waals surface area contributed by atoms with Gasteiger partial charge in [0.2, 0.25) is 0 Å². The van der Waals surface area contributed by atoms with Crippen LogP contribution in [0.2, 0.25) is 5.02 Å². The molecule has 40 heavy (non-hydrogen) atoms. The summed E-state index contributed by atoms with van der Waals surface area (Å²) in [5, 5.41) is 21.2. The van der Waals surface area contributed by atoms with E-state index in [4.69, 9.17) is 16.7 Å². The molecule has 0 amide bonds. The van der Waals surface area contributed by atoms with Gasteiger partial charge >= 0.3 is 0 Å². The first kappa shape index (κ1) is 27.2. The topological polar surface area (TPSA) is 135 Å². The Morgan fingerprint density at radius 2 is 1.80 bits per heavy atom. The van der Waals surface area contributed by atoms with E-state index in [9.17, 15) is 18.5 Å². The molecule has 11 nitrogen and oxygen atoms in total. The summed E-state index contributed by atoms with van der Waals surface area (Å²) in [6, 6.07) is 19.5. The van der Waals surface area contributed by atoms with E-state index in [0.29, 0.717) is 5.02 Å². The Hall–Kier alpha value is -4.42. The molecule has 0 radical (unpaired) electrons. The van der Waals surface area contributed by atoms with Crippen molar-refractivity contribution in [1.29, 1.82) is 0 Å². The fourth-order valence-corrected chi connectivity index (χ4v) is 5.78. The summed E-state index contributed by atoms with van der Waals surface area (Å²) in [6.45, 7) is 3.66. The molecule has 1 saturated heterocycles. The molecule has 4 aromatic rings. The Morgan fingerprint density at radius 3 is 2.50 bits per heavy atom. The fraction of sp³-hybridized carbons (Fsp3) is 0.185. The van der Waals surface area contributed by atoms with Gasteiger partial charge in [0.25, 0.3) is 15.7 Å². The molecular formula is C27H26ClN7O4S. The molecule has 13 heteroatoms. The second kappa shape index (κ2) is 11.4. The first-order valence-corrected chi connectivity index (χ1v) is 14.3. The minimum atomic E-state index is -4.11. The summed E-state index contributed by atoms with van der Waals surface area (Å²) in [6.07, 6.45) is 3.73. The van der Waals surface area contributed by atoms with Crippen molar-refractivity contribution in [3.05, 3.63) is 99.2 Å². The van der Waals surface area contributed by atoms with Gasteiger partial charge in [-0.1, -0.05) is 35.9 Å². The van der Waals surface area contributed by atoms with Gasteiger partial charge in [-0.25, -0.2) is 13.1 Å². The molecule has 1 fully saturated rings. The number of halogens is 1. The van der Waals surface area contributed by atoms with E-state index in [1.807, 2.05) is 41.9 Å². The molecule has 2 heterocycles. The highest BCUT2D eigenvalue weighted by Gasteiger charge is 2.24. The number of para-hydroxylation sites is 1. The van der Waals surface area contributed by atoms with E-state index in [2.05, 4.69) is 20.1 Å². The van der Waals surface area contributed by atoms with Crippen LogP contribution in [-0.2, 0) is 10.0 Å². The summed E-state index contributed by atoms with van der Waals surface area (Å²) in [5.41, 5.74) is 5.00. The van der Waals surface area contributed by atoms with Gasteiger partial charge in [-0.05, 0) is 62.2 Å². The van der Waals surface area contributed by atoms with E-state index in [0.717, 1.165) is 54.8 Å². The monoisotopic (exact) mass is 579 g/mol. The Morgan fingerprint density at radius 1 is 1.05 bits per heavy atom. The van der Waals surface area contributed by atoms with Gasteiger partial charge in [0.1, 0.15) is 11.5 Å². The van der Waals surface area contributed by atoms with Crippen LogP contribution in [-0.4, -0.2) is 42.4 Å². The average Bonchev–Trinajstić information content (AvgIpc) is 3.57. The van der Waals surface area contributed by atoms with Crippen LogP contribution >= 0.6 is 11.6 Å². The lowest BCUT2D eigenvalue weighted by Gasteiger charge is -2.20. The first-order chi connectivity index (χ1) is 19.2. The van der Waals surface area contributed by atoms with Crippen LogP contribution in [0, 0.1) is 17.0 Å². The number of nitrogens with one attached hydrogen (secondary N) is 2. The number of anilines is 3. The number of nitro groups is 1. The minimum absolute atomic E-state index is 0.0405. The third-order valence-corrected chi connectivity index (χ3v) is 8.03. The highest BCUT2D eigenvalue weighted by Crippen LogP contribution is 2.31. The molecule has 206 valence electrons. The van der Waals surface area contributed by atoms with Crippen LogP contribution in [0.4, 0.5) is 22.9 Å². The maximum atomic E-state index is 12.9. The van der Waals surface area contributed by atoms with Crippen LogP contribution in [0.1, 0.15) is 24.1 Å². The lowest BCUT2D eigenvalue weighted by atomic mass is 10.2. The largest absolute Gasteiger partial charge is 0.356 e. The highest BCUT2D eigenvalue weighted by atomic mass is 35.5. The van der Waals surface area contributed by atoms with Gasteiger partial charge < -0.3 is 4.90 Å². The average molecular weight is 580 g/mol. The van der Waals surface area contributed by atoms with E-state index >= 15 is 0 Å². The second-order valence-corrected chi connectivity index (χ2v) is 11.3. The standard InChI is InChI=1S/C27H26ClN7O4S/c1-19-24(27(33-14-5-6-15-33)34(31-19)22-10-3-2-4-11-22)18-29-30-25-13-12-23(17-26(25)35(36)37)40(38,39)32-21-9-7-8-20(28)16-21/h2-4,7-13,16-18,30,32H,5-6,14-15H2,1H3/b29-18-. The Labute approximate surface area is 236 Å². The lowest BCUT2D eigenvalue weighted by molar-refractivity contribution is -0.384. The third kappa shape index (κ3) is 5.77. The molecule has 1 aromatic heterocycles. The molecule has 0 spiro atoms. The normalized spacial score (nSPS) is 13.6. The van der Waals surface area contributed by atoms with Gasteiger partial charge in [-0.15, -0.1) is 0 Å². The molecule has 3 aromatic carbocycles. The highest BCUT2D eigenvalue weighted by molar-refractivity contribution is 7.92. The van der Waals surface area contributed by atoms with Crippen molar-refractivity contribution in [2.45, 2.75) is 24.7 Å². The number of hydrazone groups is 1. The van der Waals surface area contributed by atoms with Crippen LogP contribution in [0.5, 0.6) is 0 Å². The predicted molar refractivity (Wildman–Crippen MR) is 156 cm³/mol. The van der Waals surface area contributed by atoms with Crippen LogP contribution < -0.4 is 15.0 Å². The predicted octanol–water partition coefficient (Wildman–Crippen LogP) is 5.59. The fourth-order valence-electron chi connectivity index (χ4n) is 4.52. The van der Waals surface area contributed by atoms with Crippen molar-refractivity contribution in [1.82, 2.24) is 9.78 Å². The molecule has 0 bridgehead atoms. The lowest BCUT2D eigenvalue weighted by Crippen LogP contribution is -2.22. The van der Waals surface area contributed by atoms with Crippen molar-refractivity contribution < 1.29 is 13.3 Å². The number of hydrogen-bond donors (Lipinski definition) is 2. The maximum Gasteiger partial charge on any atom is 0.295 e. The van der Waals surface area contributed by atoms with Gasteiger partial charge in [-0.2, -0.15) is 10.2 Å². The quantitative estimate of drug-likeness (QED) is 0.150. The number of sulfonamides is 1. The van der Waals surface area contributed by atoms with Gasteiger partial charge in [0.05, 0.1) is 38.7 Å². The van der Waals surface area contributed by atoms with Crippen LogP contribution in [0.25, 0.3) is 5.69 Å². The molecule has 0 saturated carbocycles. The molecule has 1 aliphatic rings. The smallest absolute Gasteiger partial charge is 0.295 e.